The molecule has 1 heterocycles. The number of nitrogens with one attached hydrogen (secondary N) is 1. The fourth-order valence-electron chi connectivity index (χ4n) is 7.19. The van der Waals surface area contributed by atoms with Gasteiger partial charge in [0.15, 0.2) is 31.3 Å². The molecule has 21 nitrogen and oxygen atoms in total. The van der Waals surface area contributed by atoms with Gasteiger partial charge >= 0.3 is 0 Å². The SMILES string of the molecule is Cc1ccc(S(=O)(=O)CC(CS(=O)(=O)c2ccc(C)cc2)C(=O)c2ccc(C(=O)N(CCCNC(=O)CCOCCOCCOCCOCCOc3ccc(-c4nnc(C)nn4)cc3)CCCS(=O)(=O)O)cc2)cc1. The van der Waals surface area contributed by atoms with Crippen molar-refractivity contribution in [1.29, 1.82) is 0 Å². The highest BCUT2D eigenvalue weighted by Crippen LogP contribution is 2.24. The molecule has 2 N–H and O–H groups in total. The Hall–Kier alpha value is -6.12. The van der Waals surface area contributed by atoms with E-state index < -0.39 is 64.7 Å². The average Bonchev–Trinajstić information content (AvgIpc) is 3.38. The van der Waals surface area contributed by atoms with Crippen molar-refractivity contribution < 1.29 is 67.9 Å². The molecular weight excluding hydrogens is 1030 g/mol. The predicted octanol–water partition coefficient (Wildman–Crippen LogP) is 4.37. The Morgan fingerprint density at radius 2 is 1.04 bits per heavy atom. The molecule has 24 heteroatoms. The first-order valence-corrected chi connectivity index (χ1v) is 29.0. The van der Waals surface area contributed by atoms with Crippen LogP contribution in [0.5, 0.6) is 5.75 Å². The van der Waals surface area contributed by atoms with Gasteiger partial charge in [-0.15, -0.1) is 20.4 Å². The number of Topliss-reactive ketones (excluding diaryl/α,β-unsaturated/α-hetero) is 1. The van der Waals surface area contributed by atoms with E-state index in [1.165, 1.54) is 53.4 Å². The van der Waals surface area contributed by atoms with Gasteiger partial charge in [-0.1, -0.05) is 47.5 Å². The topological polar surface area (TPSA) is 287 Å². The summed E-state index contributed by atoms with van der Waals surface area (Å²) in [5.74, 6) is -3.70. The zero-order chi connectivity index (χ0) is 54.3. The summed E-state index contributed by atoms with van der Waals surface area (Å²) in [4.78, 5) is 41.5. The van der Waals surface area contributed by atoms with Crippen molar-refractivity contribution in [1.82, 2.24) is 30.6 Å². The van der Waals surface area contributed by atoms with Crippen LogP contribution in [0.15, 0.2) is 107 Å². The highest BCUT2D eigenvalue weighted by atomic mass is 32.2. The van der Waals surface area contributed by atoms with Gasteiger partial charge in [-0.25, -0.2) is 16.8 Å². The van der Waals surface area contributed by atoms with E-state index in [9.17, 15) is 44.2 Å². The monoisotopic (exact) mass is 1100 g/mol. The number of benzene rings is 4. The number of carbonyl (C=O) groups is 3. The zero-order valence-electron chi connectivity index (χ0n) is 42.2. The lowest BCUT2D eigenvalue weighted by Gasteiger charge is -2.23. The number of amides is 2. The molecule has 5 rings (SSSR count). The van der Waals surface area contributed by atoms with E-state index >= 15 is 0 Å². The molecule has 0 bridgehead atoms. The first-order chi connectivity index (χ1) is 35.8. The molecular formula is C51H64N6O15S3. The van der Waals surface area contributed by atoms with Crippen molar-refractivity contribution in [2.75, 3.05) is 96.4 Å². The minimum atomic E-state index is -4.33. The third-order valence-corrected chi connectivity index (χ3v) is 15.7. The summed E-state index contributed by atoms with van der Waals surface area (Å²) in [6.07, 6.45) is 0.252. The molecule has 75 heavy (non-hydrogen) atoms. The summed E-state index contributed by atoms with van der Waals surface area (Å²) >= 11 is 0. The van der Waals surface area contributed by atoms with E-state index in [0.717, 1.165) is 16.7 Å². The van der Waals surface area contributed by atoms with Crippen LogP contribution < -0.4 is 10.1 Å². The van der Waals surface area contributed by atoms with Gasteiger partial charge in [-0.05, 0) is 94.3 Å². The summed E-state index contributed by atoms with van der Waals surface area (Å²) in [5, 5.41) is 18.6. The number of rotatable bonds is 34. The van der Waals surface area contributed by atoms with Gasteiger partial charge in [-0.3, -0.25) is 18.9 Å². The average molecular weight is 1100 g/mol. The van der Waals surface area contributed by atoms with Gasteiger partial charge in [0.05, 0.1) is 85.8 Å². The van der Waals surface area contributed by atoms with Crippen LogP contribution in [-0.4, -0.2) is 169 Å². The molecule has 2 amide bonds. The van der Waals surface area contributed by atoms with Crippen LogP contribution in [-0.2, 0) is 53.5 Å². The van der Waals surface area contributed by atoms with E-state index in [0.29, 0.717) is 63.6 Å². The normalized spacial score (nSPS) is 11.9. The Morgan fingerprint density at radius 1 is 0.573 bits per heavy atom. The van der Waals surface area contributed by atoms with Crippen LogP contribution in [0.3, 0.4) is 0 Å². The van der Waals surface area contributed by atoms with Crippen LogP contribution in [0.2, 0.25) is 0 Å². The predicted molar refractivity (Wildman–Crippen MR) is 276 cm³/mol. The van der Waals surface area contributed by atoms with Gasteiger partial charge in [0.1, 0.15) is 12.4 Å². The molecule has 0 spiro atoms. The molecule has 0 unspecified atom stereocenters. The van der Waals surface area contributed by atoms with Gasteiger partial charge in [0.2, 0.25) is 11.7 Å². The van der Waals surface area contributed by atoms with Crippen molar-refractivity contribution in [3.05, 3.63) is 125 Å². The maximum atomic E-state index is 14.0. The second kappa shape index (κ2) is 29.8. The molecule has 0 saturated carbocycles. The molecule has 1 aromatic heterocycles. The zero-order valence-corrected chi connectivity index (χ0v) is 44.6. The van der Waals surface area contributed by atoms with E-state index in [1.807, 2.05) is 12.1 Å². The number of sulfone groups is 2. The molecule has 0 radical (unpaired) electrons. The second-order valence-electron chi connectivity index (χ2n) is 17.3. The number of ether oxygens (including phenoxy) is 5. The van der Waals surface area contributed by atoms with Crippen LogP contribution in [0, 0.1) is 26.7 Å². The van der Waals surface area contributed by atoms with Crippen molar-refractivity contribution in [2.24, 2.45) is 5.92 Å². The minimum Gasteiger partial charge on any atom is -0.491 e. The first kappa shape index (κ1) is 59.8. The molecule has 406 valence electrons. The van der Waals surface area contributed by atoms with Crippen molar-refractivity contribution in [2.45, 2.75) is 49.8 Å². The smallest absolute Gasteiger partial charge is 0.264 e. The van der Waals surface area contributed by atoms with Gasteiger partial charge in [-0.2, -0.15) is 8.42 Å². The van der Waals surface area contributed by atoms with Crippen LogP contribution in [0.4, 0.5) is 0 Å². The Balaban J connectivity index is 0.988. The fourth-order valence-corrected chi connectivity index (χ4v) is 10.9. The summed E-state index contributed by atoms with van der Waals surface area (Å²) in [7, 11) is -12.6. The number of aromatic nitrogens is 4. The van der Waals surface area contributed by atoms with Crippen LogP contribution >= 0.6 is 0 Å². The summed E-state index contributed by atoms with van der Waals surface area (Å²) < 4.78 is 114. The van der Waals surface area contributed by atoms with Crippen molar-refractivity contribution >= 4 is 47.4 Å². The maximum absolute atomic E-state index is 14.0. The molecule has 0 aliphatic heterocycles. The minimum absolute atomic E-state index is 0.0269. The van der Waals surface area contributed by atoms with Crippen LogP contribution in [0.1, 0.15) is 56.9 Å². The van der Waals surface area contributed by atoms with Crippen molar-refractivity contribution in [3.63, 3.8) is 0 Å². The van der Waals surface area contributed by atoms with Gasteiger partial charge in [0, 0.05) is 42.7 Å². The van der Waals surface area contributed by atoms with Crippen LogP contribution in [0.25, 0.3) is 11.4 Å². The first-order valence-electron chi connectivity index (χ1n) is 24.1. The molecule has 0 fully saturated rings. The number of hydrogen-bond acceptors (Lipinski definition) is 18. The third kappa shape index (κ3) is 21.2. The van der Waals surface area contributed by atoms with Gasteiger partial charge in [0.25, 0.3) is 16.0 Å². The third-order valence-electron chi connectivity index (χ3n) is 11.2. The maximum Gasteiger partial charge on any atom is 0.264 e. The summed E-state index contributed by atoms with van der Waals surface area (Å²) in [6.45, 7) is 8.37. The molecule has 0 saturated heterocycles. The van der Waals surface area contributed by atoms with E-state index in [1.54, 1.807) is 57.2 Å². The molecule has 0 aliphatic carbocycles. The molecule has 0 atom stereocenters. The molecule has 0 aliphatic rings. The van der Waals surface area contributed by atoms with E-state index in [-0.39, 0.29) is 78.9 Å². The lowest BCUT2D eigenvalue weighted by Crippen LogP contribution is -2.36. The lowest BCUT2D eigenvalue weighted by atomic mass is 9.99. The number of carbonyl (C=O) groups excluding carboxylic acids is 3. The Morgan fingerprint density at radius 3 is 1.55 bits per heavy atom. The highest BCUT2D eigenvalue weighted by molar-refractivity contribution is 7.92. The van der Waals surface area contributed by atoms with E-state index in [2.05, 4.69) is 25.7 Å². The number of nitrogens with zero attached hydrogens (tertiary/aromatic N) is 5. The number of ketones is 1. The summed E-state index contributed by atoms with van der Waals surface area (Å²) in [6, 6.07) is 24.5. The summed E-state index contributed by atoms with van der Waals surface area (Å²) in [5.41, 5.74) is 2.47. The molecule has 4 aromatic carbocycles. The Labute approximate surface area is 438 Å². The standard InChI is InChI=1S/C51H64N6O15S3/c1-38-6-18-46(19-7-38)73(61,62)36-44(37-74(63,64)47-20-8-39(2)9-21-47)49(59)41-10-12-43(13-11-41)51(60)57(25-5-35-75(65,66)67)24-4-23-52-48(58)22-26-68-27-28-69-29-30-70-31-32-71-33-34-72-45-16-14-42(15-17-45)50-55-53-40(3)54-56-50/h6-21,44H,4-5,22-37H2,1-3H3,(H,52,58)(H,65,66,67). The van der Waals surface area contributed by atoms with Gasteiger partial charge < -0.3 is 33.9 Å². The number of aryl methyl sites for hydroxylation is 3. The fraction of sp³-hybridized carbons (Fsp3) is 0.431. The highest BCUT2D eigenvalue weighted by Gasteiger charge is 2.33. The van der Waals surface area contributed by atoms with Crippen molar-refractivity contribution in [3.8, 4) is 17.1 Å². The number of hydrogen-bond donors (Lipinski definition) is 2. The lowest BCUT2D eigenvalue weighted by molar-refractivity contribution is -0.122. The molecule has 5 aromatic rings. The van der Waals surface area contributed by atoms with E-state index in [4.69, 9.17) is 23.7 Å². The largest absolute Gasteiger partial charge is 0.491 e. The second-order valence-corrected chi connectivity index (χ2v) is 22.9. The Kier molecular flexibility index (Phi) is 23.8. The Bertz CT molecular complexity index is 2850. The quantitative estimate of drug-likeness (QED) is 0.0328.